The summed E-state index contributed by atoms with van der Waals surface area (Å²) in [7, 11) is 0. The molecule has 0 heterocycles. The molecule has 82 valence electrons. The van der Waals surface area contributed by atoms with Gasteiger partial charge in [-0.2, -0.15) is 0 Å². The molecule has 2 rings (SSSR count). The molecule has 0 unspecified atom stereocenters. The quantitative estimate of drug-likeness (QED) is 0.649. The lowest BCUT2D eigenvalue weighted by Crippen LogP contribution is -1.89. The molecule has 0 aromatic heterocycles. The lowest BCUT2D eigenvalue weighted by molar-refractivity contribution is 0.584. The van der Waals surface area contributed by atoms with Crippen LogP contribution in [0.4, 0.5) is 13.2 Å². The van der Waals surface area contributed by atoms with Gasteiger partial charge in [0.05, 0.1) is 0 Å². The normalized spacial score (nSPS) is 10.5. The molecule has 0 atom stereocenters. The zero-order chi connectivity index (χ0) is 11.7. The van der Waals surface area contributed by atoms with Gasteiger partial charge in [0.1, 0.15) is 22.5 Å². The number of benzene rings is 2. The summed E-state index contributed by atoms with van der Waals surface area (Å²) >= 11 is 5.33. The van der Waals surface area contributed by atoms with E-state index in [4.69, 9.17) is 11.6 Å². The maximum absolute atomic E-state index is 13.4. The average molecular weight is 243 g/mol. The van der Waals surface area contributed by atoms with E-state index in [1.54, 1.807) is 6.07 Å². The Labute approximate surface area is 95.3 Å². The van der Waals surface area contributed by atoms with Crippen LogP contribution in [0, 0.1) is 17.5 Å². The van der Waals surface area contributed by atoms with E-state index in [-0.39, 0.29) is 11.1 Å². The molecule has 0 fully saturated rings. The van der Waals surface area contributed by atoms with E-state index < -0.39 is 22.5 Å². The van der Waals surface area contributed by atoms with Crippen molar-refractivity contribution in [3.05, 3.63) is 58.9 Å². The minimum Gasteiger partial charge on any atom is -0.206 e. The Balaban J connectivity index is 2.62. The standard InChI is InChI=1S/C12H6ClF3/c13-12-10(15)5-7(6-11(12)16)8-3-1-2-4-9(8)14/h1-6H. The van der Waals surface area contributed by atoms with Crippen molar-refractivity contribution in [2.75, 3.05) is 0 Å². The summed E-state index contributed by atoms with van der Waals surface area (Å²) in [6.07, 6.45) is 0. The zero-order valence-corrected chi connectivity index (χ0v) is 8.73. The van der Waals surface area contributed by atoms with Crippen LogP contribution in [0.1, 0.15) is 0 Å². The van der Waals surface area contributed by atoms with Crippen LogP contribution in [-0.2, 0) is 0 Å². The van der Waals surface area contributed by atoms with Gasteiger partial charge in [-0.15, -0.1) is 0 Å². The Bertz CT molecular complexity index is 515. The molecule has 0 saturated carbocycles. The van der Waals surface area contributed by atoms with Crippen LogP contribution in [-0.4, -0.2) is 0 Å². The van der Waals surface area contributed by atoms with Crippen LogP contribution >= 0.6 is 11.6 Å². The smallest absolute Gasteiger partial charge is 0.145 e. The molecule has 0 amide bonds. The van der Waals surface area contributed by atoms with E-state index in [1.807, 2.05) is 0 Å². The van der Waals surface area contributed by atoms with Crippen molar-refractivity contribution in [1.82, 2.24) is 0 Å². The monoisotopic (exact) mass is 242 g/mol. The molecule has 0 nitrogen and oxygen atoms in total. The minimum absolute atomic E-state index is 0.123. The molecule has 0 N–H and O–H groups in total. The molecular weight excluding hydrogens is 237 g/mol. The molecule has 0 spiro atoms. The Morgan fingerprint density at radius 2 is 1.38 bits per heavy atom. The highest BCUT2D eigenvalue weighted by molar-refractivity contribution is 6.31. The van der Waals surface area contributed by atoms with Crippen molar-refractivity contribution >= 4 is 11.6 Å². The van der Waals surface area contributed by atoms with Gasteiger partial charge >= 0.3 is 0 Å². The fourth-order valence-electron chi connectivity index (χ4n) is 1.41. The molecule has 2 aromatic rings. The predicted molar refractivity (Wildman–Crippen MR) is 56.8 cm³/mol. The second-order valence-electron chi connectivity index (χ2n) is 3.23. The van der Waals surface area contributed by atoms with Gasteiger partial charge in [-0.3, -0.25) is 0 Å². The van der Waals surface area contributed by atoms with Crippen LogP contribution < -0.4 is 0 Å². The summed E-state index contributed by atoms with van der Waals surface area (Å²) in [6.45, 7) is 0. The molecule has 4 heteroatoms. The van der Waals surface area contributed by atoms with E-state index in [0.29, 0.717) is 0 Å². The van der Waals surface area contributed by atoms with Gasteiger partial charge < -0.3 is 0 Å². The van der Waals surface area contributed by atoms with Crippen LogP contribution in [0.3, 0.4) is 0 Å². The Morgan fingerprint density at radius 3 is 1.94 bits per heavy atom. The van der Waals surface area contributed by atoms with E-state index in [2.05, 4.69) is 0 Å². The summed E-state index contributed by atoms with van der Waals surface area (Å²) in [5.41, 5.74) is 0.259. The lowest BCUT2D eigenvalue weighted by Gasteiger charge is -2.05. The van der Waals surface area contributed by atoms with Gasteiger partial charge in [-0.25, -0.2) is 13.2 Å². The van der Waals surface area contributed by atoms with Crippen LogP contribution in [0.2, 0.25) is 5.02 Å². The van der Waals surface area contributed by atoms with Gasteiger partial charge in [0.15, 0.2) is 0 Å². The van der Waals surface area contributed by atoms with Crippen molar-refractivity contribution in [1.29, 1.82) is 0 Å². The molecule has 0 saturated heterocycles. The van der Waals surface area contributed by atoms with E-state index in [0.717, 1.165) is 12.1 Å². The van der Waals surface area contributed by atoms with Gasteiger partial charge in [0.2, 0.25) is 0 Å². The summed E-state index contributed by atoms with van der Waals surface area (Å²) in [4.78, 5) is 0. The van der Waals surface area contributed by atoms with Crippen LogP contribution in [0.25, 0.3) is 11.1 Å². The van der Waals surface area contributed by atoms with Crippen molar-refractivity contribution in [2.24, 2.45) is 0 Å². The van der Waals surface area contributed by atoms with Gasteiger partial charge in [-0.1, -0.05) is 29.8 Å². The Hall–Kier alpha value is -1.48. The maximum Gasteiger partial charge on any atom is 0.145 e. The zero-order valence-electron chi connectivity index (χ0n) is 7.98. The summed E-state index contributed by atoms with van der Waals surface area (Å²) in [6, 6.07) is 7.76. The fraction of sp³-hybridized carbons (Fsp3) is 0. The maximum atomic E-state index is 13.4. The summed E-state index contributed by atoms with van der Waals surface area (Å²) < 4.78 is 39.7. The molecule has 0 aliphatic carbocycles. The van der Waals surface area contributed by atoms with Crippen molar-refractivity contribution < 1.29 is 13.2 Å². The number of rotatable bonds is 1. The van der Waals surface area contributed by atoms with Gasteiger partial charge in [-0.05, 0) is 23.8 Å². The second kappa shape index (κ2) is 4.18. The van der Waals surface area contributed by atoms with Crippen LogP contribution in [0.5, 0.6) is 0 Å². The summed E-state index contributed by atoms with van der Waals surface area (Å²) in [5.74, 6) is -2.34. The van der Waals surface area contributed by atoms with E-state index in [9.17, 15) is 13.2 Å². The van der Waals surface area contributed by atoms with Crippen molar-refractivity contribution in [2.45, 2.75) is 0 Å². The van der Waals surface area contributed by atoms with Crippen molar-refractivity contribution in [3.8, 4) is 11.1 Å². The van der Waals surface area contributed by atoms with E-state index in [1.165, 1.54) is 18.2 Å². The molecule has 2 aromatic carbocycles. The highest BCUT2D eigenvalue weighted by Crippen LogP contribution is 2.28. The Morgan fingerprint density at radius 1 is 0.812 bits per heavy atom. The molecule has 0 radical (unpaired) electrons. The second-order valence-corrected chi connectivity index (χ2v) is 3.61. The average Bonchev–Trinajstić information content (AvgIpc) is 2.26. The minimum atomic E-state index is -0.903. The van der Waals surface area contributed by atoms with Crippen molar-refractivity contribution in [3.63, 3.8) is 0 Å². The molecule has 0 bridgehead atoms. The third kappa shape index (κ3) is 1.91. The first-order valence-corrected chi connectivity index (χ1v) is 4.87. The first-order valence-electron chi connectivity index (χ1n) is 4.49. The predicted octanol–water partition coefficient (Wildman–Crippen LogP) is 4.42. The van der Waals surface area contributed by atoms with E-state index >= 15 is 0 Å². The highest BCUT2D eigenvalue weighted by Gasteiger charge is 2.11. The van der Waals surface area contributed by atoms with Gasteiger partial charge in [0.25, 0.3) is 0 Å². The third-order valence-corrected chi connectivity index (χ3v) is 2.53. The number of halogens is 4. The highest BCUT2D eigenvalue weighted by atomic mass is 35.5. The number of hydrogen-bond acceptors (Lipinski definition) is 0. The lowest BCUT2D eigenvalue weighted by atomic mass is 10.0. The summed E-state index contributed by atoms with van der Waals surface area (Å²) in [5, 5.41) is -0.583. The number of hydrogen-bond donors (Lipinski definition) is 0. The fourth-order valence-corrected chi connectivity index (χ4v) is 1.52. The first-order chi connectivity index (χ1) is 7.59. The molecule has 16 heavy (non-hydrogen) atoms. The van der Waals surface area contributed by atoms with Crippen LogP contribution in [0.15, 0.2) is 36.4 Å². The van der Waals surface area contributed by atoms with Gasteiger partial charge in [0, 0.05) is 5.56 Å². The topological polar surface area (TPSA) is 0 Å². The SMILES string of the molecule is Fc1ccccc1-c1cc(F)c(Cl)c(F)c1. The largest absolute Gasteiger partial charge is 0.206 e. The molecule has 0 aliphatic rings. The molecule has 0 aliphatic heterocycles. The third-order valence-electron chi connectivity index (χ3n) is 2.17. The Kier molecular flexibility index (Phi) is 2.88. The molecular formula is C12H6ClF3. The first kappa shape index (κ1) is 11.0.